The summed E-state index contributed by atoms with van der Waals surface area (Å²) < 4.78 is 0. The molecule has 1 aromatic heterocycles. The van der Waals surface area contributed by atoms with E-state index in [2.05, 4.69) is 31.0 Å². The molecule has 0 bridgehead atoms. The Bertz CT molecular complexity index is 380. The van der Waals surface area contributed by atoms with E-state index >= 15 is 0 Å². The molecule has 1 aliphatic carbocycles. The Kier molecular flexibility index (Phi) is 2.48. The third-order valence-corrected chi connectivity index (χ3v) is 3.36. The zero-order valence-corrected chi connectivity index (χ0v) is 9.33. The summed E-state index contributed by atoms with van der Waals surface area (Å²) in [6.45, 7) is 4.31. The van der Waals surface area contributed by atoms with Crippen LogP contribution in [0.25, 0.3) is 0 Å². The summed E-state index contributed by atoms with van der Waals surface area (Å²) >= 11 is 0. The van der Waals surface area contributed by atoms with Crippen molar-refractivity contribution in [3.8, 4) is 6.07 Å². The topological polar surface area (TPSA) is 36.7 Å². The number of nitrogens with zero attached hydrogens (tertiary/aromatic N) is 2. The number of hydrogen-bond acceptors (Lipinski definition) is 2. The smallest absolute Gasteiger partial charge is 0.0993 e. The van der Waals surface area contributed by atoms with E-state index in [9.17, 15) is 5.26 Å². The summed E-state index contributed by atoms with van der Waals surface area (Å²) in [7, 11) is 0. The lowest BCUT2D eigenvalue weighted by Crippen LogP contribution is -2.33. The van der Waals surface area contributed by atoms with Crippen molar-refractivity contribution in [1.29, 1.82) is 5.26 Å². The highest BCUT2D eigenvalue weighted by Crippen LogP contribution is 2.42. The first-order valence-corrected chi connectivity index (χ1v) is 5.56. The molecule has 2 nitrogen and oxygen atoms in total. The van der Waals surface area contributed by atoms with Gasteiger partial charge >= 0.3 is 0 Å². The van der Waals surface area contributed by atoms with Gasteiger partial charge in [-0.15, -0.1) is 0 Å². The van der Waals surface area contributed by atoms with Crippen LogP contribution in [0.5, 0.6) is 0 Å². The Morgan fingerprint density at radius 2 is 2.13 bits per heavy atom. The van der Waals surface area contributed by atoms with Crippen molar-refractivity contribution in [2.45, 2.75) is 44.4 Å². The first kappa shape index (κ1) is 10.2. The molecule has 0 aliphatic heterocycles. The molecule has 2 heteroatoms. The number of pyridine rings is 1. The van der Waals surface area contributed by atoms with Crippen molar-refractivity contribution in [2.24, 2.45) is 0 Å². The van der Waals surface area contributed by atoms with E-state index in [0.29, 0.717) is 5.92 Å². The molecule has 0 radical (unpaired) electrons. The second-order valence-corrected chi connectivity index (χ2v) is 4.68. The van der Waals surface area contributed by atoms with Gasteiger partial charge in [0.05, 0.1) is 17.2 Å². The minimum atomic E-state index is -0.268. The van der Waals surface area contributed by atoms with Crippen molar-refractivity contribution in [3.63, 3.8) is 0 Å². The van der Waals surface area contributed by atoms with E-state index < -0.39 is 0 Å². The van der Waals surface area contributed by atoms with Gasteiger partial charge < -0.3 is 0 Å². The number of rotatable bonds is 2. The Morgan fingerprint density at radius 1 is 1.40 bits per heavy atom. The number of hydrogen-bond donors (Lipinski definition) is 0. The Balaban J connectivity index is 2.28. The number of aromatic nitrogens is 1. The van der Waals surface area contributed by atoms with Gasteiger partial charge in [0, 0.05) is 6.20 Å². The number of nitriles is 1. The van der Waals surface area contributed by atoms with Gasteiger partial charge in [-0.05, 0) is 36.8 Å². The Morgan fingerprint density at radius 3 is 2.47 bits per heavy atom. The third kappa shape index (κ3) is 1.63. The van der Waals surface area contributed by atoms with E-state index in [-0.39, 0.29) is 5.41 Å². The van der Waals surface area contributed by atoms with Crippen molar-refractivity contribution < 1.29 is 0 Å². The van der Waals surface area contributed by atoms with Crippen LogP contribution in [0.1, 0.15) is 50.3 Å². The zero-order valence-electron chi connectivity index (χ0n) is 9.33. The van der Waals surface area contributed by atoms with Gasteiger partial charge in [0.15, 0.2) is 0 Å². The maximum atomic E-state index is 9.18. The second kappa shape index (κ2) is 3.66. The minimum Gasteiger partial charge on any atom is -0.259 e. The SMILES string of the molecule is CC(C)c1ccc(C2(C#N)CCC2)nc1. The van der Waals surface area contributed by atoms with Gasteiger partial charge in [-0.2, -0.15) is 5.26 Å². The van der Waals surface area contributed by atoms with Crippen LogP contribution in [0.3, 0.4) is 0 Å². The molecule has 1 heterocycles. The maximum absolute atomic E-state index is 9.18. The summed E-state index contributed by atoms with van der Waals surface area (Å²) in [4.78, 5) is 4.44. The normalized spacial score (nSPS) is 18.3. The molecule has 78 valence electrons. The molecule has 2 rings (SSSR count). The molecule has 0 spiro atoms. The van der Waals surface area contributed by atoms with Crippen LogP contribution >= 0.6 is 0 Å². The Hall–Kier alpha value is -1.36. The van der Waals surface area contributed by atoms with Gasteiger partial charge in [-0.25, -0.2) is 0 Å². The van der Waals surface area contributed by atoms with Gasteiger partial charge in [0.1, 0.15) is 0 Å². The van der Waals surface area contributed by atoms with Crippen LogP contribution in [0.4, 0.5) is 0 Å². The standard InChI is InChI=1S/C13H16N2/c1-10(2)11-4-5-12(15-8-11)13(9-14)6-3-7-13/h4-5,8,10H,3,6-7H2,1-2H3. The lowest BCUT2D eigenvalue weighted by molar-refractivity contribution is 0.316. The van der Waals surface area contributed by atoms with Gasteiger partial charge in [-0.1, -0.05) is 19.9 Å². The van der Waals surface area contributed by atoms with E-state index in [0.717, 1.165) is 25.0 Å². The fourth-order valence-electron chi connectivity index (χ4n) is 1.99. The molecule has 0 aromatic carbocycles. The average Bonchev–Trinajstić information content (AvgIpc) is 2.18. The van der Waals surface area contributed by atoms with Gasteiger partial charge in [-0.3, -0.25) is 4.98 Å². The molecular formula is C13H16N2. The predicted molar refractivity (Wildman–Crippen MR) is 59.5 cm³/mol. The van der Waals surface area contributed by atoms with Gasteiger partial charge in [0.25, 0.3) is 0 Å². The Labute approximate surface area is 91.0 Å². The van der Waals surface area contributed by atoms with Crippen molar-refractivity contribution in [2.75, 3.05) is 0 Å². The molecule has 1 fully saturated rings. The first-order chi connectivity index (χ1) is 7.18. The van der Waals surface area contributed by atoms with Crippen molar-refractivity contribution in [3.05, 3.63) is 29.6 Å². The van der Waals surface area contributed by atoms with Gasteiger partial charge in [0.2, 0.25) is 0 Å². The van der Waals surface area contributed by atoms with Crippen LogP contribution in [0, 0.1) is 11.3 Å². The van der Waals surface area contributed by atoms with E-state index in [1.165, 1.54) is 5.56 Å². The fraction of sp³-hybridized carbons (Fsp3) is 0.538. The molecular weight excluding hydrogens is 184 g/mol. The monoisotopic (exact) mass is 200 g/mol. The average molecular weight is 200 g/mol. The lowest BCUT2D eigenvalue weighted by Gasteiger charge is -2.34. The molecule has 15 heavy (non-hydrogen) atoms. The van der Waals surface area contributed by atoms with Crippen molar-refractivity contribution >= 4 is 0 Å². The highest BCUT2D eigenvalue weighted by Gasteiger charge is 2.40. The molecule has 0 amide bonds. The first-order valence-electron chi connectivity index (χ1n) is 5.56. The molecule has 1 aliphatic rings. The van der Waals surface area contributed by atoms with Crippen LogP contribution in [0.15, 0.2) is 18.3 Å². The van der Waals surface area contributed by atoms with E-state index in [4.69, 9.17) is 0 Å². The summed E-state index contributed by atoms with van der Waals surface area (Å²) in [6, 6.07) is 6.54. The fourth-order valence-corrected chi connectivity index (χ4v) is 1.99. The largest absolute Gasteiger partial charge is 0.259 e. The highest BCUT2D eigenvalue weighted by molar-refractivity contribution is 5.31. The van der Waals surface area contributed by atoms with E-state index in [1.807, 2.05) is 12.3 Å². The van der Waals surface area contributed by atoms with Crippen LogP contribution in [-0.2, 0) is 5.41 Å². The lowest BCUT2D eigenvalue weighted by atomic mass is 9.67. The molecule has 0 N–H and O–H groups in total. The summed E-state index contributed by atoms with van der Waals surface area (Å²) in [5.74, 6) is 0.506. The molecule has 0 atom stereocenters. The quantitative estimate of drug-likeness (QED) is 0.735. The third-order valence-electron chi connectivity index (χ3n) is 3.36. The zero-order chi connectivity index (χ0) is 10.9. The minimum absolute atomic E-state index is 0.268. The van der Waals surface area contributed by atoms with Crippen LogP contribution < -0.4 is 0 Å². The molecule has 0 unspecified atom stereocenters. The summed E-state index contributed by atoms with van der Waals surface area (Å²) in [6.07, 6.45) is 5.01. The second-order valence-electron chi connectivity index (χ2n) is 4.68. The molecule has 1 aromatic rings. The summed E-state index contributed by atoms with van der Waals surface area (Å²) in [5.41, 5.74) is 1.93. The maximum Gasteiger partial charge on any atom is 0.0993 e. The predicted octanol–water partition coefficient (Wildman–Crippen LogP) is 3.15. The van der Waals surface area contributed by atoms with Crippen molar-refractivity contribution in [1.82, 2.24) is 4.98 Å². The molecule has 0 saturated heterocycles. The molecule has 1 saturated carbocycles. The van der Waals surface area contributed by atoms with Crippen LogP contribution in [-0.4, -0.2) is 4.98 Å². The summed E-state index contributed by atoms with van der Waals surface area (Å²) in [5, 5.41) is 9.18. The van der Waals surface area contributed by atoms with E-state index in [1.54, 1.807) is 0 Å². The van der Waals surface area contributed by atoms with Crippen LogP contribution in [0.2, 0.25) is 0 Å². The highest BCUT2D eigenvalue weighted by atomic mass is 14.7.